The first-order chi connectivity index (χ1) is 12.1. The van der Waals surface area contributed by atoms with Gasteiger partial charge in [0.1, 0.15) is 0 Å². The summed E-state index contributed by atoms with van der Waals surface area (Å²) < 4.78 is 6.64. The second-order valence-corrected chi connectivity index (χ2v) is 6.16. The van der Waals surface area contributed by atoms with Gasteiger partial charge in [0, 0.05) is 25.6 Å². The van der Waals surface area contributed by atoms with Crippen molar-refractivity contribution < 1.29 is 9.53 Å². The summed E-state index contributed by atoms with van der Waals surface area (Å²) in [5, 5.41) is 8.26. The van der Waals surface area contributed by atoms with Crippen molar-refractivity contribution in [3.8, 4) is 0 Å². The summed E-state index contributed by atoms with van der Waals surface area (Å²) in [4.78, 5) is 24.5. The summed E-state index contributed by atoms with van der Waals surface area (Å²) in [6, 6.07) is 6.85. The van der Waals surface area contributed by atoms with Crippen LogP contribution >= 0.6 is 12.2 Å². The molecule has 1 aliphatic rings. The zero-order chi connectivity index (χ0) is 17.8. The standard InChI is InChI=1S/C16H19N5O3S/c1-21-15(23)12-7-3-2-6-11(12)13(20-21)14(22)18-19-16(25)17-9-10-5-4-8-24-10/h2-3,6-7,10H,4-5,8-9H2,1H3,(H,18,22)(H2,17,19,25)/t10-/m1/s1. The first-order valence-corrected chi connectivity index (χ1v) is 8.39. The number of hydrogen-bond donors (Lipinski definition) is 3. The van der Waals surface area contributed by atoms with E-state index in [4.69, 9.17) is 17.0 Å². The van der Waals surface area contributed by atoms with E-state index >= 15 is 0 Å². The average Bonchev–Trinajstić information content (AvgIpc) is 3.14. The molecular weight excluding hydrogens is 342 g/mol. The smallest absolute Gasteiger partial charge is 0.290 e. The van der Waals surface area contributed by atoms with Crippen LogP contribution in [0.2, 0.25) is 0 Å². The van der Waals surface area contributed by atoms with Crippen molar-refractivity contribution in [2.75, 3.05) is 13.2 Å². The second kappa shape index (κ2) is 7.58. The van der Waals surface area contributed by atoms with Gasteiger partial charge in [-0.2, -0.15) is 5.10 Å². The molecule has 1 fully saturated rings. The van der Waals surface area contributed by atoms with Gasteiger partial charge in [-0.1, -0.05) is 18.2 Å². The number of nitrogens with one attached hydrogen (secondary N) is 3. The highest BCUT2D eigenvalue weighted by Gasteiger charge is 2.17. The lowest BCUT2D eigenvalue weighted by Crippen LogP contribution is -2.48. The molecule has 1 amide bonds. The molecule has 1 aromatic heterocycles. The molecule has 0 aliphatic carbocycles. The summed E-state index contributed by atoms with van der Waals surface area (Å²) in [5.74, 6) is -0.479. The topological polar surface area (TPSA) is 97.3 Å². The van der Waals surface area contributed by atoms with Crippen LogP contribution in [0, 0.1) is 0 Å². The summed E-state index contributed by atoms with van der Waals surface area (Å²) in [6.45, 7) is 1.36. The Hall–Kier alpha value is -2.52. The van der Waals surface area contributed by atoms with Crippen LogP contribution in [-0.2, 0) is 11.8 Å². The fourth-order valence-corrected chi connectivity index (χ4v) is 2.83. The van der Waals surface area contributed by atoms with Gasteiger partial charge < -0.3 is 10.1 Å². The number of carbonyl (C=O) groups excluding carboxylic acids is 1. The maximum absolute atomic E-state index is 12.4. The van der Waals surface area contributed by atoms with E-state index in [0.29, 0.717) is 17.3 Å². The van der Waals surface area contributed by atoms with Crippen LogP contribution in [0.1, 0.15) is 23.3 Å². The van der Waals surface area contributed by atoms with Crippen LogP contribution in [0.4, 0.5) is 0 Å². The van der Waals surface area contributed by atoms with Crippen molar-refractivity contribution in [2.24, 2.45) is 7.05 Å². The average molecular weight is 361 g/mol. The number of hydrogen-bond acceptors (Lipinski definition) is 5. The van der Waals surface area contributed by atoms with Crippen LogP contribution < -0.4 is 21.7 Å². The van der Waals surface area contributed by atoms with Crippen molar-refractivity contribution in [1.29, 1.82) is 0 Å². The molecular formula is C16H19N5O3S. The predicted octanol–water partition coefficient (Wildman–Crippen LogP) is 0.221. The fraction of sp³-hybridized carbons (Fsp3) is 0.375. The fourth-order valence-electron chi connectivity index (χ4n) is 2.70. The number of benzene rings is 1. The van der Waals surface area contributed by atoms with Crippen molar-refractivity contribution in [3.05, 3.63) is 40.3 Å². The van der Waals surface area contributed by atoms with Crippen LogP contribution in [-0.4, -0.2) is 40.1 Å². The Morgan fingerprint density at radius 1 is 1.36 bits per heavy atom. The molecule has 0 unspecified atom stereocenters. The lowest BCUT2D eigenvalue weighted by molar-refractivity contribution is 0.0938. The number of nitrogens with zero attached hydrogens (tertiary/aromatic N) is 2. The first kappa shape index (κ1) is 17.3. The van der Waals surface area contributed by atoms with Gasteiger partial charge in [-0.05, 0) is 31.1 Å². The van der Waals surface area contributed by atoms with E-state index < -0.39 is 5.91 Å². The Morgan fingerprint density at radius 3 is 2.84 bits per heavy atom. The Kier molecular flexibility index (Phi) is 5.25. The molecule has 3 rings (SSSR count). The van der Waals surface area contributed by atoms with E-state index in [1.807, 2.05) is 0 Å². The second-order valence-electron chi connectivity index (χ2n) is 5.75. The maximum Gasteiger partial charge on any atom is 0.290 e. The molecule has 1 aliphatic heterocycles. The largest absolute Gasteiger partial charge is 0.376 e. The van der Waals surface area contributed by atoms with Gasteiger partial charge in [-0.25, -0.2) is 4.68 Å². The molecule has 8 nitrogen and oxygen atoms in total. The van der Waals surface area contributed by atoms with E-state index in [2.05, 4.69) is 21.3 Å². The third-order valence-corrected chi connectivity index (χ3v) is 4.22. The molecule has 0 bridgehead atoms. The number of aromatic nitrogens is 2. The number of hydrazine groups is 1. The maximum atomic E-state index is 12.4. The van der Waals surface area contributed by atoms with Gasteiger partial charge in [0.15, 0.2) is 10.8 Å². The highest BCUT2D eigenvalue weighted by Crippen LogP contribution is 2.12. The van der Waals surface area contributed by atoms with E-state index in [-0.39, 0.29) is 22.5 Å². The van der Waals surface area contributed by atoms with Crippen molar-refractivity contribution in [2.45, 2.75) is 18.9 Å². The lowest BCUT2D eigenvalue weighted by Gasteiger charge is -2.15. The molecule has 132 valence electrons. The Balaban J connectivity index is 1.65. The van der Waals surface area contributed by atoms with E-state index in [1.165, 1.54) is 7.05 Å². The molecule has 0 saturated carbocycles. The molecule has 0 radical (unpaired) electrons. The number of carbonyl (C=O) groups is 1. The summed E-state index contributed by atoms with van der Waals surface area (Å²) in [6.07, 6.45) is 2.19. The van der Waals surface area contributed by atoms with Crippen LogP contribution in [0.25, 0.3) is 10.8 Å². The molecule has 25 heavy (non-hydrogen) atoms. The number of aryl methyl sites for hydroxylation is 1. The lowest BCUT2D eigenvalue weighted by atomic mass is 10.1. The number of thiocarbonyl (C=S) groups is 1. The van der Waals surface area contributed by atoms with Gasteiger partial charge in [0.25, 0.3) is 11.5 Å². The molecule has 9 heteroatoms. The molecule has 3 N–H and O–H groups in total. The Bertz CT molecular complexity index is 860. The third kappa shape index (κ3) is 3.94. The normalized spacial score (nSPS) is 16.6. The van der Waals surface area contributed by atoms with Crippen LogP contribution in [0.3, 0.4) is 0 Å². The summed E-state index contributed by atoms with van der Waals surface area (Å²) >= 11 is 5.13. The predicted molar refractivity (Wildman–Crippen MR) is 97.2 cm³/mol. The molecule has 1 aromatic carbocycles. The molecule has 1 atom stereocenters. The van der Waals surface area contributed by atoms with Gasteiger partial charge in [0.05, 0.1) is 11.5 Å². The van der Waals surface area contributed by atoms with Crippen LogP contribution in [0.5, 0.6) is 0 Å². The Labute approximate surface area is 149 Å². The van der Waals surface area contributed by atoms with Crippen LogP contribution in [0.15, 0.2) is 29.1 Å². The van der Waals surface area contributed by atoms with Crippen molar-refractivity contribution in [1.82, 2.24) is 25.9 Å². The molecule has 0 spiro atoms. The highest BCUT2D eigenvalue weighted by molar-refractivity contribution is 7.80. The number of rotatable bonds is 3. The Morgan fingerprint density at radius 2 is 2.12 bits per heavy atom. The summed E-state index contributed by atoms with van der Waals surface area (Å²) in [7, 11) is 1.51. The minimum absolute atomic E-state index is 0.143. The summed E-state index contributed by atoms with van der Waals surface area (Å²) in [5.41, 5.74) is 5.03. The monoisotopic (exact) mass is 361 g/mol. The number of amides is 1. The first-order valence-electron chi connectivity index (χ1n) is 7.98. The van der Waals surface area contributed by atoms with Crippen molar-refractivity contribution >= 4 is 34.0 Å². The highest BCUT2D eigenvalue weighted by atomic mass is 32.1. The molecule has 1 saturated heterocycles. The SMILES string of the molecule is Cn1nc(C(=O)NNC(=S)NC[C@H]2CCCO2)c2ccccc2c1=O. The zero-order valence-corrected chi connectivity index (χ0v) is 14.6. The quantitative estimate of drug-likeness (QED) is 0.531. The number of ether oxygens (including phenoxy) is 1. The van der Waals surface area contributed by atoms with Gasteiger partial charge in [-0.3, -0.25) is 20.4 Å². The third-order valence-electron chi connectivity index (χ3n) is 3.98. The minimum atomic E-state index is -0.479. The van der Waals surface area contributed by atoms with E-state index in [1.54, 1.807) is 24.3 Å². The van der Waals surface area contributed by atoms with E-state index in [0.717, 1.165) is 24.1 Å². The van der Waals surface area contributed by atoms with Crippen molar-refractivity contribution in [3.63, 3.8) is 0 Å². The number of fused-ring (bicyclic) bond motifs is 1. The zero-order valence-electron chi connectivity index (χ0n) is 13.7. The van der Waals surface area contributed by atoms with E-state index in [9.17, 15) is 9.59 Å². The molecule has 2 aromatic rings. The minimum Gasteiger partial charge on any atom is -0.376 e. The van der Waals surface area contributed by atoms with Gasteiger partial charge >= 0.3 is 0 Å². The van der Waals surface area contributed by atoms with Gasteiger partial charge in [0.2, 0.25) is 0 Å². The molecule has 2 heterocycles. The van der Waals surface area contributed by atoms with Gasteiger partial charge in [-0.15, -0.1) is 0 Å².